The molecule has 1 heterocycles. The number of rotatable bonds is 4. The van der Waals surface area contributed by atoms with E-state index in [2.05, 4.69) is 20.9 Å². The lowest BCUT2D eigenvalue weighted by Crippen LogP contribution is -2.12. The second kappa shape index (κ2) is 6.52. The van der Waals surface area contributed by atoms with Crippen molar-refractivity contribution >= 4 is 26.7 Å². The highest BCUT2D eigenvalue weighted by Gasteiger charge is 2.11. The Morgan fingerprint density at radius 3 is 2.74 bits per heavy atom. The number of nitrogens with one attached hydrogen (secondary N) is 1. The number of ether oxygens (including phenoxy) is 1. The van der Waals surface area contributed by atoms with Crippen LogP contribution < -0.4 is 16.0 Å². The molecule has 0 bridgehead atoms. The maximum atomic E-state index is 13.7. The van der Waals surface area contributed by atoms with E-state index in [9.17, 15) is 9.18 Å². The van der Waals surface area contributed by atoms with Crippen molar-refractivity contribution in [2.24, 2.45) is 5.73 Å². The maximum absolute atomic E-state index is 13.7. The molecule has 0 aliphatic carbocycles. The van der Waals surface area contributed by atoms with Crippen molar-refractivity contribution in [1.29, 1.82) is 0 Å². The second-order valence-electron chi connectivity index (χ2n) is 5.02. The van der Waals surface area contributed by atoms with Gasteiger partial charge < -0.3 is 15.5 Å². The number of fused-ring (bicyclic) bond motifs is 1. The zero-order valence-electron chi connectivity index (χ0n) is 12.1. The zero-order chi connectivity index (χ0) is 16.4. The summed E-state index contributed by atoms with van der Waals surface area (Å²) in [5.74, 6) is -0.210. The Labute approximate surface area is 140 Å². The lowest BCUT2D eigenvalue weighted by molar-refractivity contribution is 0.330. The van der Waals surface area contributed by atoms with Gasteiger partial charge in [0.25, 0.3) is 5.56 Å². The van der Waals surface area contributed by atoms with E-state index in [-0.39, 0.29) is 17.6 Å². The van der Waals surface area contributed by atoms with Gasteiger partial charge in [0.05, 0.1) is 5.39 Å². The summed E-state index contributed by atoms with van der Waals surface area (Å²) in [5, 5.41) is 0.800. The third-order valence-corrected chi connectivity index (χ3v) is 3.89. The number of benzene rings is 2. The SMILES string of the molecule is NCCOc1cc(F)cc2c(=O)[nH]c(-c3cccc(Br)c3)cc12. The van der Waals surface area contributed by atoms with Gasteiger partial charge in [-0.1, -0.05) is 28.1 Å². The van der Waals surface area contributed by atoms with Crippen LogP contribution in [0.15, 0.2) is 51.7 Å². The standard InChI is InChI=1S/C17H14BrFN2O2/c18-11-3-1-2-10(6-11)15-9-13-14(17(22)21-15)7-12(19)8-16(13)23-5-4-20/h1-3,6-9H,4-5,20H2,(H,21,22). The first-order valence-electron chi connectivity index (χ1n) is 7.04. The van der Waals surface area contributed by atoms with Gasteiger partial charge in [-0.2, -0.15) is 0 Å². The number of halogens is 2. The van der Waals surface area contributed by atoms with E-state index in [1.807, 2.05) is 24.3 Å². The van der Waals surface area contributed by atoms with Crippen LogP contribution in [0.5, 0.6) is 5.75 Å². The van der Waals surface area contributed by atoms with Crippen molar-refractivity contribution in [3.63, 3.8) is 0 Å². The van der Waals surface area contributed by atoms with Gasteiger partial charge in [-0.25, -0.2) is 4.39 Å². The molecule has 6 heteroatoms. The molecule has 0 saturated heterocycles. The van der Waals surface area contributed by atoms with Crippen LogP contribution in [0, 0.1) is 5.82 Å². The Kier molecular flexibility index (Phi) is 4.45. The Bertz CT molecular complexity index is 924. The highest BCUT2D eigenvalue weighted by atomic mass is 79.9. The first-order chi connectivity index (χ1) is 11.1. The van der Waals surface area contributed by atoms with Crippen molar-refractivity contribution in [2.45, 2.75) is 0 Å². The van der Waals surface area contributed by atoms with Gasteiger partial charge >= 0.3 is 0 Å². The second-order valence-corrected chi connectivity index (χ2v) is 5.94. The van der Waals surface area contributed by atoms with Crippen LogP contribution in [0.4, 0.5) is 4.39 Å². The number of aromatic amines is 1. The third kappa shape index (κ3) is 3.28. The van der Waals surface area contributed by atoms with Gasteiger partial charge in [0.1, 0.15) is 18.2 Å². The topological polar surface area (TPSA) is 68.1 Å². The fourth-order valence-corrected chi connectivity index (χ4v) is 2.80. The molecule has 0 amide bonds. The van der Waals surface area contributed by atoms with Crippen molar-refractivity contribution in [3.05, 3.63) is 63.1 Å². The van der Waals surface area contributed by atoms with Crippen LogP contribution >= 0.6 is 15.9 Å². The molecule has 0 unspecified atom stereocenters. The van der Waals surface area contributed by atoms with Crippen LogP contribution in [0.3, 0.4) is 0 Å². The summed E-state index contributed by atoms with van der Waals surface area (Å²) < 4.78 is 20.1. The summed E-state index contributed by atoms with van der Waals surface area (Å²) in [6.45, 7) is 0.553. The van der Waals surface area contributed by atoms with Gasteiger partial charge in [0.15, 0.2) is 0 Å². The predicted molar refractivity (Wildman–Crippen MR) is 92.2 cm³/mol. The molecule has 0 saturated carbocycles. The Morgan fingerprint density at radius 1 is 1.17 bits per heavy atom. The fraction of sp³-hybridized carbons (Fsp3) is 0.118. The lowest BCUT2D eigenvalue weighted by atomic mass is 10.1. The maximum Gasteiger partial charge on any atom is 0.256 e. The van der Waals surface area contributed by atoms with E-state index in [0.717, 1.165) is 10.0 Å². The predicted octanol–water partition coefficient (Wildman–Crippen LogP) is 3.43. The molecule has 118 valence electrons. The molecule has 3 aromatic rings. The molecular formula is C17H14BrFN2O2. The molecule has 3 N–H and O–H groups in total. The van der Waals surface area contributed by atoms with Gasteiger partial charge in [0, 0.05) is 28.2 Å². The molecule has 2 aromatic carbocycles. The molecule has 1 aromatic heterocycles. The van der Waals surface area contributed by atoms with Gasteiger partial charge in [-0.05, 0) is 29.8 Å². The molecule has 23 heavy (non-hydrogen) atoms. The zero-order valence-corrected chi connectivity index (χ0v) is 13.7. The van der Waals surface area contributed by atoms with Crippen LogP contribution in [-0.2, 0) is 0 Å². The van der Waals surface area contributed by atoms with Crippen molar-refractivity contribution < 1.29 is 9.13 Å². The molecule has 0 fully saturated rings. The highest BCUT2D eigenvalue weighted by molar-refractivity contribution is 9.10. The van der Waals surface area contributed by atoms with E-state index in [4.69, 9.17) is 10.5 Å². The first kappa shape index (κ1) is 15.7. The quantitative estimate of drug-likeness (QED) is 0.732. The fourth-order valence-electron chi connectivity index (χ4n) is 2.40. The van der Waals surface area contributed by atoms with Crippen LogP contribution in [0.25, 0.3) is 22.0 Å². The minimum Gasteiger partial charge on any atom is -0.492 e. The minimum absolute atomic E-state index is 0.246. The van der Waals surface area contributed by atoms with Crippen LogP contribution in [-0.4, -0.2) is 18.1 Å². The highest BCUT2D eigenvalue weighted by Crippen LogP contribution is 2.29. The van der Waals surface area contributed by atoms with Crippen molar-refractivity contribution in [2.75, 3.05) is 13.2 Å². The summed E-state index contributed by atoms with van der Waals surface area (Å²) in [6, 6.07) is 11.8. The van der Waals surface area contributed by atoms with E-state index >= 15 is 0 Å². The Balaban J connectivity index is 2.23. The number of pyridine rings is 1. The van der Waals surface area contributed by atoms with Crippen molar-refractivity contribution in [3.8, 4) is 17.0 Å². The molecule has 3 rings (SSSR count). The van der Waals surface area contributed by atoms with E-state index in [0.29, 0.717) is 23.4 Å². The minimum atomic E-state index is -0.523. The molecular weight excluding hydrogens is 363 g/mol. The largest absolute Gasteiger partial charge is 0.492 e. The molecule has 0 atom stereocenters. The molecule has 0 aliphatic rings. The van der Waals surface area contributed by atoms with E-state index in [1.54, 1.807) is 6.07 Å². The number of hydrogen-bond acceptors (Lipinski definition) is 3. The smallest absolute Gasteiger partial charge is 0.256 e. The monoisotopic (exact) mass is 376 g/mol. The van der Waals surface area contributed by atoms with E-state index < -0.39 is 5.82 Å². The molecule has 0 aliphatic heterocycles. The number of H-pyrrole nitrogens is 1. The average molecular weight is 377 g/mol. The first-order valence-corrected chi connectivity index (χ1v) is 7.83. The molecule has 4 nitrogen and oxygen atoms in total. The molecule has 0 spiro atoms. The third-order valence-electron chi connectivity index (χ3n) is 3.40. The summed E-state index contributed by atoms with van der Waals surface area (Å²) >= 11 is 3.41. The average Bonchev–Trinajstić information content (AvgIpc) is 2.53. The van der Waals surface area contributed by atoms with Crippen LogP contribution in [0.1, 0.15) is 0 Å². The van der Waals surface area contributed by atoms with Gasteiger partial charge in [-0.15, -0.1) is 0 Å². The normalized spacial score (nSPS) is 10.9. The Morgan fingerprint density at radius 2 is 2.00 bits per heavy atom. The number of nitrogens with two attached hydrogens (primary N) is 1. The summed E-state index contributed by atoms with van der Waals surface area (Å²) in [5.41, 5.74) is 6.54. The summed E-state index contributed by atoms with van der Waals surface area (Å²) in [7, 11) is 0. The number of aromatic nitrogens is 1. The number of hydrogen-bond donors (Lipinski definition) is 2. The summed E-state index contributed by atoms with van der Waals surface area (Å²) in [4.78, 5) is 15.1. The van der Waals surface area contributed by atoms with E-state index in [1.165, 1.54) is 12.1 Å². The van der Waals surface area contributed by atoms with Gasteiger partial charge in [0.2, 0.25) is 0 Å². The van der Waals surface area contributed by atoms with Gasteiger partial charge in [-0.3, -0.25) is 4.79 Å². The van der Waals surface area contributed by atoms with Crippen molar-refractivity contribution in [1.82, 2.24) is 4.98 Å². The molecule has 0 radical (unpaired) electrons. The summed E-state index contributed by atoms with van der Waals surface area (Å²) in [6.07, 6.45) is 0. The lowest BCUT2D eigenvalue weighted by Gasteiger charge is -2.10. The Hall–Kier alpha value is -2.18. The van der Waals surface area contributed by atoms with Crippen LogP contribution in [0.2, 0.25) is 0 Å².